The van der Waals surface area contributed by atoms with Crippen LogP contribution >= 0.6 is 0 Å². The summed E-state index contributed by atoms with van der Waals surface area (Å²) in [6, 6.07) is 3.52. The second kappa shape index (κ2) is 8.43. The SMILES string of the molecule is Nc1nc2c(c(NCCO)n1)CCN(C(=O)COc1cccnc1)CC2. The summed E-state index contributed by atoms with van der Waals surface area (Å²) >= 11 is 0. The lowest BCUT2D eigenvalue weighted by atomic mass is 10.1. The van der Waals surface area contributed by atoms with Gasteiger partial charge in [0.2, 0.25) is 5.95 Å². The van der Waals surface area contributed by atoms with Crippen LogP contribution in [0, 0.1) is 0 Å². The highest BCUT2D eigenvalue weighted by molar-refractivity contribution is 5.78. The van der Waals surface area contributed by atoms with Crippen molar-refractivity contribution in [1.82, 2.24) is 19.9 Å². The van der Waals surface area contributed by atoms with E-state index >= 15 is 0 Å². The third-order valence-electron chi connectivity index (χ3n) is 4.11. The Balaban J connectivity index is 1.64. The van der Waals surface area contributed by atoms with E-state index < -0.39 is 0 Å². The smallest absolute Gasteiger partial charge is 0.260 e. The molecule has 0 spiro atoms. The molecule has 0 bridgehead atoms. The largest absolute Gasteiger partial charge is 0.482 e. The van der Waals surface area contributed by atoms with Crippen molar-refractivity contribution in [2.45, 2.75) is 12.8 Å². The third-order valence-corrected chi connectivity index (χ3v) is 4.11. The van der Waals surface area contributed by atoms with Gasteiger partial charge in [0.1, 0.15) is 11.6 Å². The van der Waals surface area contributed by atoms with Crippen molar-refractivity contribution in [3.8, 4) is 5.75 Å². The predicted octanol–water partition coefficient (Wildman–Crippen LogP) is -0.136. The minimum atomic E-state index is -0.0903. The quantitative estimate of drug-likeness (QED) is 0.651. The van der Waals surface area contributed by atoms with Gasteiger partial charge in [0.05, 0.1) is 18.5 Å². The number of rotatable bonds is 6. The first kappa shape index (κ1) is 17.9. The molecule has 1 aliphatic rings. The standard InChI is InChI=1S/C17H22N6O3/c18-17-21-14-4-8-23(7-3-13(14)16(22-17)20-6-9-24)15(25)11-26-12-2-1-5-19-10-12/h1-2,5,10,24H,3-4,6-9,11H2,(H3,18,20,21,22). The van der Waals surface area contributed by atoms with Crippen molar-refractivity contribution < 1.29 is 14.6 Å². The van der Waals surface area contributed by atoms with Crippen molar-refractivity contribution in [3.05, 3.63) is 35.8 Å². The summed E-state index contributed by atoms with van der Waals surface area (Å²) in [5, 5.41) is 12.1. The fraction of sp³-hybridized carbons (Fsp3) is 0.412. The molecule has 1 aliphatic heterocycles. The first-order valence-electron chi connectivity index (χ1n) is 8.48. The Morgan fingerprint density at radius 2 is 2.19 bits per heavy atom. The first-order valence-corrected chi connectivity index (χ1v) is 8.48. The summed E-state index contributed by atoms with van der Waals surface area (Å²) in [6.07, 6.45) is 4.43. The van der Waals surface area contributed by atoms with Crippen LogP contribution < -0.4 is 15.8 Å². The number of aliphatic hydroxyl groups is 1. The molecule has 3 rings (SSSR count). The van der Waals surface area contributed by atoms with Gasteiger partial charge in [-0.2, -0.15) is 4.98 Å². The normalized spacial score (nSPS) is 13.7. The van der Waals surface area contributed by atoms with Crippen LogP contribution in [-0.2, 0) is 17.6 Å². The molecule has 2 aromatic heterocycles. The molecule has 0 fully saturated rings. The minimum absolute atomic E-state index is 0.00499. The zero-order valence-corrected chi connectivity index (χ0v) is 14.4. The number of aromatic nitrogens is 3. The van der Waals surface area contributed by atoms with Gasteiger partial charge < -0.3 is 25.8 Å². The Morgan fingerprint density at radius 3 is 2.96 bits per heavy atom. The maximum atomic E-state index is 12.5. The van der Waals surface area contributed by atoms with E-state index in [0.717, 1.165) is 11.3 Å². The number of fused-ring (bicyclic) bond motifs is 1. The number of amides is 1. The number of nitrogen functional groups attached to an aromatic ring is 1. The van der Waals surface area contributed by atoms with Crippen LogP contribution in [0.2, 0.25) is 0 Å². The maximum Gasteiger partial charge on any atom is 0.260 e. The van der Waals surface area contributed by atoms with Crippen molar-refractivity contribution in [2.24, 2.45) is 0 Å². The van der Waals surface area contributed by atoms with Crippen molar-refractivity contribution >= 4 is 17.7 Å². The molecular formula is C17H22N6O3. The van der Waals surface area contributed by atoms with Crippen molar-refractivity contribution in [2.75, 3.05) is 43.9 Å². The van der Waals surface area contributed by atoms with Gasteiger partial charge in [-0.25, -0.2) is 4.98 Å². The van der Waals surface area contributed by atoms with Crippen LogP contribution in [0.25, 0.3) is 0 Å². The molecule has 3 heterocycles. The second-order valence-corrected chi connectivity index (χ2v) is 5.86. The number of carbonyl (C=O) groups excluding carboxylic acids is 1. The second-order valence-electron chi connectivity index (χ2n) is 5.86. The molecule has 0 aromatic carbocycles. The number of anilines is 2. The predicted molar refractivity (Wildman–Crippen MR) is 95.7 cm³/mol. The number of hydrogen-bond donors (Lipinski definition) is 3. The minimum Gasteiger partial charge on any atom is -0.482 e. The van der Waals surface area contributed by atoms with Crippen molar-refractivity contribution in [3.63, 3.8) is 0 Å². The lowest BCUT2D eigenvalue weighted by Gasteiger charge is -2.20. The number of carbonyl (C=O) groups is 1. The molecule has 0 saturated carbocycles. The molecule has 138 valence electrons. The lowest BCUT2D eigenvalue weighted by molar-refractivity contribution is -0.133. The number of ether oxygens (including phenoxy) is 1. The van der Waals surface area contributed by atoms with E-state index in [-0.39, 0.29) is 25.1 Å². The number of pyridine rings is 1. The molecule has 0 atom stereocenters. The fourth-order valence-electron chi connectivity index (χ4n) is 2.86. The number of nitrogens with one attached hydrogen (secondary N) is 1. The summed E-state index contributed by atoms with van der Waals surface area (Å²) < 4.78 is 5.49. The molecular weight excluding hydrogens is 336 g/mol. The van der Waals surface area contributed by atoms with E-state index in [1.54, 1.807) is 29.4 Å². The van der Waals surface area contributed by atoms with E-state index in [4.69, 9.17) is 15.6 Å². The van der Waals surface area contributed by atoms with E-state index in [1.807, 2.05) is 0 Å². The van der Waals surface area contributed by atoms with Gasteiger partial charge in [-0.1, -0.05) is 0 Å². The van der Waals surface area contributed by atoms with Crippen LogP contribution in [0.5, 0.6) is 5.75 Å². The summed E-state index contributed by atoms with van der Waals surface area (Å²) in [7, 11) is 0. The lowest BCUT2D eigenvalue weighted by Crippen LogP contribution is -2.36. The molecule has 0 saturated heterocycles. The van der Waals surface area contributed by atoms with Gasteiger partial charge in [-0.15, -0.1) is 0 Å². The summed E-state index contributed by atoms with van der Waals surface area (Å²) in [5.41, 5.74) is 7.56. The van der Waals surface area contributed by atoms with Gasteiger partial charge in [0, 0.05) is 37.8 Å². The van der Waals surface area contributed by atoms with Crippen LogP contribution in [0.15, 0.2) is 24.5 Å². The highest BCUT2D eigenvalue weighted by Crippen LogP contribution is 2.22. The Bertz CT molecular complexity index is 756. The van der Waals surface area contributed by atoms with E-state index in [0.29, 0.717) is 44.0 Å². The highest BCUT2D eigenvalue weighted by Gasteiger charge is 2.22. The molecule has 0 radical (unpaired) electrons. The number of hydrogen-bond acceptors (Lipinski definition) is 8. The van der Waals surface area contributed by atoms with Gasteiger partial charge in [-0.05, 0) is 18.6 Å². The van der Waals surface area contributed by atoms with Crippen LogP contribution in [0.4, 0.5) is 11.8 Å². The molecule has 9 nitrogen and oxygen atoms in total. The van der Waals surface area contributed by atoms with Gasteiger partial charge in [0.25, 0.3) is 5.91 Å². The van der Waals surface area contributed by atoms with Crippen molar-refractivity contribution in [1.29, 1.82) is 0 Å². The Morgan fingerprint density at radius 1 is 1.35 bits per heavy atom. The topological polar surface area (TPSA) is 126 Å². The number of aliphatic hydroxyl groups excluding tert-OH is 1. The first-order chi connectivity index (χ1) is 12.7. The number of nitrogens with zero attached hydrogens (tertiary/aromatic N) is 4. The van der Waals surface area contributed by atoms with Crippen LogP contribution in [0.3, 0.4) is 0 Å². The molecule has 4 N–H and O–H groups in total. The fourth-order valence-corrected chi connectivity index (χ4v) is 2.86. The van der Waals surface area contributed by atoms with Gasteiger partial charge >= 0.3 is 0 Å². The van der Waals surface area contributed by atoms with E-state index in [9.17, 15) is 4.79 Å². The third kappa shape index (κ3) is 4.37. The van der Waals surface area contributed by atoms with Gasteiger partial charge in [0.15, 0.2) is 6.61 Å². The van der Waals surface area contributed by atoms with E-state index in [2.05, 4.69) is 20.3 Å². The van der Waals surface area contributed by atoms with Crippen LogP contribution in [-0.4, -0.2) is 63.7 Å². The summed E-state index contributed by atoms with van der Waals surface area (Å²) in [6.45, 7) is 1.42. The summed E-state index contributed by atoms with van der Waals surface area (Å²) in [5.74, 6) is 1.28. The molecule has 2 aromatic rings. The number of nitrogens with two attached hydrogens (primary N) is 1. The maximum absolute atomic E-state index is 12.5. The average Bonchev–Trinajstić information content (AvgIpc) is 2.87. The molecule has 1 amide bonds. The van der Waals surface area contributed by atoms with E-state index in [1.165, 1.54) is 0 Å². The zero-order chi connectivity index (χ0) is 18.4. The molecule has 26 heavy (non-hydrogen) atoms. The Hall–Kier alpha value is -2.94. The van der Waals surface area contributed by atoms with Crippen LogP contribution in [0.1, 0.15) is 11.3 Å². The average molecular weight is 358 g/mol. The Labute approximate surface area is 151 Å². The highest BCUT2D eigenvalue weighted by atomic mass is 16.5. The van der Waals surface area contributed by atoms with Gasteiger partial charge in [-0.3, -0.25) is 9.78 Å². The monoisotopic (exact) mass is 358 g/mol. The molecule has 9 heteroatoms. The summed E-state index contributed by atoms with van der Waals surface area (Å²) in [4.78, 5) is 26.7. The zero-order valence-electron chi connectivity index (χ0n) is 14.4. The Kier molecular flexibility index (Phi) is 5.80. The molecule has 0 unspecified atom stereocenters. The molecule has 0 aliphatic carbocycles.